The Morgan fingerprint density at radius 3 is 2.40 bits per heavy atom. The molecule has 3 nitrogen and oxygen atoms in total. The van der Waals surface area contributed by atoms with E-state index < -0.39 is 0 Å². The summed E-state index contributed by atoms with van der Waals surface area (Å²) in [7, 11) is 0. The average Bonchev–Trinajstić information content (AvgIpc) is 2.17. The maximum absolute atomic E-state index is 11.0. The monoisotopic (exact) mass is 204 g/mol. The average molecular weight is 204 g/mol. The molecule has 1 atom stereocenters. The fourth-order valence-electron chi connectivity index (χ4n) is 2.01. The van der Waals surface area contributed by atoms with Crippen molar-refractivity contribution in [1.82, 2.24) is 10.6 Å². The molecule has 0 spiro atoms. The van der Waals surface area contributed by atoms with Gasteiger partial charge >= 0.3 is 0 Å². The van der Waals surface area contributed by atoms with Gasteiger partial charge in [-0.1, -0.05) is 29.3 Å². The third-order valence-corrected chi connectivity index (χ3v) is 2.66. The minimum Gasteiger partial charge on any atom is -0.353 e. The van der Waals surface area contributed by atoms with E-state index in [2.05, 4.69) is 42.7 Å². The van der Waals surface area contributed by atoms with E-state index in [1.165, 1.54) is 16.7 Å². The first kappa shape index (κ1) is 10.2. The second-order valence-corrected chi connectivity index (χ2v) is 4.16. The number of amides is 1. The van der Waals surface area contributed by atoms with Gasteiger partial charge in [0.1, 0.15) is 0 Å². The second kappa shape index (κ2) is 4.03. The van der Waals surface area contributed by atoms with Crippen LogP contribution in [0.2, 0.25) is 0 Å². The van der Waals surface area contributed by atoms with Crippen LogP contribution in [-0.2, 0) is 4.79 Å². The molecular formula is C12H16N2O. The topological polar surface area (TPSA) is 41.1 Å². The van der Waals surface area contributed by atoms with Gasteiger partial charge in [-0.2, -0.15) is 0 Å². The van der Waals surface area contributed by atoms with Gasteiger partial charge in [-0.25, -0.2) is 0 Å². The first-order valence-corrected chi connectivity index (χ1v) is 5.23. The Hall–Kier alpha value is -1.35. The predicted molar refractivity (Wildman–Crippen MR) is 59.7 cm³/mol. The summed E-state index contributed by atoms with van der Waals surface area (Å²) in [6.07, 6.45) is 0. The third kappa shape index (κ3) is 2.36. The largest absolute Gasteiger partial charge is 0.353 e. The molecule has 2 N–H and O–H groups in total. The number of carbonyl (C=O) groups is 1. The lowest BCUT2D eigenvalue weighted by atomic mass is 10.0. The van der Waals surface area contributed by atoms with E-state index in [0.717, 1.165) is 0 Å². The summed E-state index contributed by atoms with van der Waals surface area (Å²) in [5.41, 5.74) is 3.79. The molecule has 0 bridgehead atoms. The van der Waals surface area contributed by atoms with Gasteiger partial charge in [0, 0.05) is 6.54 Å². The first-order chi connectivity index (χ1) is 7.15. The van der Waals surface area contributed by atoms with Crippen molar-refractivity contribution < 1.29 is 4.79 Å². The number of hydrogen-bond acceptors (Lipinski definition) is 2. The number of hydrogen-bond donors (Lipinski definition) is 2. The molecule has 1 amide bonds. The number of carbonyl (C=O) groups excluding carboxylic acids is 1. The Morgan fingerprint density at radius 1 is 1.20 bits per heavy atom. The third-order valence-electron chi connectivity index (χ3n) is 2.66. The smallest absolute Gasteiger partial charge is 0.234 e. The van der Waals surface area contributed by atoms with Crippen molar-refractivity contribution in [2.24, 2.45) is 0 Å². The van der Waals surface area contributed by atoms with Crippen LogP contribution in [0.25, 0.3) is 0 Å². The van der Waals surface area contributed by atoms with Crippen molar-refractivity contribution in [3.05, 3.63) is 34.9 Å². The molecule has 1 unspecified atom stereocenters. The number of piperazine rings is 1. The quantitative estimate of drug-likeness (QED) is 0.718. The molecule has 1 aliphatic heterocycles. The Kier molecular flexibility index (Phi) is 2.73. The zero-order valence-electron chi connectivity index (χ0n) is 9.13. The SMILES string of the molecule is Cc1cc(C)cc(C2CNC(=O)CN2)c1. The molecule has 0 aromatic heterocycles. The fraction of sp³-hybridized carbons (Fsp3) is 0.417. The highest BCUT2D eigenvalue weighted by molar-refractivity contribution is 5.78. The second-order valence-electron chi connectivity index (χ2n) is 4.16. The van der Waals surface area contributed by atoms with Crippen molar-refractivity contribution in [3.63, 3.8) is 0 Å². The van der Waals surface area contributed by atoms with E-state index >= 15 is 0 Å². The Morgan fingerprint density at radius 2 is 1.87 bits per heavy atom. The summed E-state index contributed by atoms with van der Waals surface area (Å²) < 4.78 is 0. The zero-order chi connectivity index (χ0) is 10.8. The van der Waals surface area contributed by atoms with Crippen LogP contribution in [0, 0.1) is 13.8 Å². The van der Waals surface area contributed by atoms with Crippen molar-refractivity contribution >= 4 is 5.91 Å². The maximum atomic E-state index is 11.0. The van der Waals surface area contributed by atoms with E-state index in [1.54, 1.807) is 0 Å². The predicted octanol–water partition coefficient (Wildman–Crippen LogP) is 1.06. The van der Waals surface area contributed by atoms with Crippen molar-refractivity contribution in [1.29, 1.82) is 0 Å². The number of aryl methyl sites for hydroxylation is 2. The summed E-state index contributed by atoms with van der Waals surface area (Å²) in [6, 6.07) is 6.75. The molecule has 0 radical (unpaired) electrons. The normalized spacial score (nSPS) is 21.2. The molecule has 1 fully saturated rings. The Balaban J connectivity index is 2.18. The fourth-order valence-corrected chi connectivity index (χ4v) is 2.01. The van der Waals surface area contributed by atoms with Gasteiger partial charge < -0.3 is 5.32 Å². The lowest BCUT2D eigenvalue weighted by molar-refractivity contribution is -0.121. The van der Waals surface area contributed by atoms with Gasteiger partial charge in [-0.05, 0) is 19.4 Å². The van der Waals surface area contributed by atoms with E-state index in [4.69, 9.17) is 0 Å². The molecule has 0 aliphatic carbocycles. The summed E-state index contributed by atoms with van der Waals surface area (Å²) >= 11 is 0. The molecule has 80 valence electrons. The van der Waals surface area contributed by atoms with Gasteiger partial charge in [-0.15, -0.1) is 0 Å². The van der Waals surface area contributed by atoms with Gasteiger partial charge in [0.25, 0.3) is 0 Å². The van der Waals surface area contributed by atoms with Crippen LogP contribution in [0.1, 0.15) is 22.7 Å². The van der Waals surface area contributed by atoms with Crippen molar-refractivity contribution in [3.8, 4) is 0 Å². The van der Waals surface area contributed by atoms with E-state index in [-0.39, 0.29) is 11.9 Å². The summed E-state index contributed by atoms with van der Waals surface area (Å²) in [5.74, 6) is 0.0793. The van der Waals surface area contributed by atoms with Crippen LogP contribution in [0.4, 0.5) is 0 Å². The van der Waals surface area contributed by atoms with Crippen LogP contribution < -0.4 is 10.6 Å². The lowest BCUT2D eigenvalue weighted by Crippen LogP contribution is -2.46. The number of benzene rings is 1. The summed E-state index contributed by atoms with van der Waals surface area (Å²) in [4.78, 5) is 11.0. The molecule has 1 saturated heterocycles. The van der Waals surface area contributed by atoms with Crippen LogP contribution in [0.15, 0.2) is 18.2 Å². The molecule has 2 rings (SSSR count). The van der Waals surface area contributed by atoms with Gasteiger partial charge in [0.05, 0.1) is 12.6 Å². The highest BCUT2D eigenvalue weighted by Crippen LogP contribution is 2.17. The van der Waals surface area contributed by atoms with Gasteiger partial charge in [-0.3, -0.25) is 10.1 Å². The molecule has 1 aromatic rings. The van der Waals surface area contributed by atoms with E-state index in [9.17, 15) is 4.79 Å². The van der Waals surface area contributed by atoms with E-state index in [1.807, 2.05) is 0 Å². The summed E-state index contributed by atoms with van der Waals surface area (Å²) in [6.45, 7) is 5.29. The minimum absolute atomic E-state index is 0.0793. The molecule has 1 heterocycles. The van der Waals surface area contributed by atoms with E-state index in [0.29, 0.717) is 13.1 Å². The van der Waals surface area contributed by atoms with Crippen LogP contribution in [-0.4, -0.2) is 19.0 Å². The molecule has 3 heteroatoms. The number of nitrogens with one attached hydrogen (secondary N) is 2. The molecule has 1 aliphatic rings. The van der Waals surface area contributed by atoms with Crippen molar-refractivity contribution in [2.75, 3.05) is 13.1 Å². The Bertz CT molecular complexity index is 357. The Labute approximate surface area is 89.9 Å². The zero-order valence-corrected chi connectivity index (χ0v) is 9.13. The summed E-state index contributed by atoms with van der Waals surface area (Å²) in [5, 5.41) is 6.10. The van der Waals surface area contributed by atoms with Gasteiger partial charge in [0.15, 0.2) is 0 Å². The highest BCUT2D eigenvalue weighted by atomic mass is 16.2. The van der Waals surface area contributed by atoms with Crippen molar-refractivity contribution in [2.45, 2.75) is 19.9 Å². The molecule has 15 heavy (non-hydrogen) atoms. The standard InChI is InChI=1S/C12H16N2O/c1-8-3-9(2)5-10(4-8)11-6-14-12(15)7-13-11/h3-5,11,13H,6-7H2,1-2H3,(H,14,15). The molecular weight excluding hydrogens is 188 g/mol. The van der Waals surface area contributed by atoms with Crippen LogP contribution in [0.5, 0.6) is 0 Å². The van der Waals surface area contributed by atoms with Crippen LogP contribution >= 0.6 is 0 Å². The van der Waals surface area contributed by atoms with Gasteiger partial charge in [0.2, 0.25) is 5.91 Å². The molecule has 1 aromatic carbocycles. The first-order valence-electron chi connectivity index (χ1n) is 5.23. The lowest BCUT2D eigenvalue weighted by Gasteiger charge is -2.25. The molecule has 0 saturated carbocycles. The van der Waals surface area contributed by atoms with Crippen LogP contribution in [0.3, 0.4) is 0 Å². The minimum atomic E-state index is 0.0793. The highest BCUT2D eigenvalue weighted by Gasteiger charge is 2.18. The number of rotatable bonds is 1. The maximum Gasteiger partial charge on any atom is 0.234 e.